The van der Waals surface area contributed by atoms with E-state index < -0.39 is 17.7 Å². The number of pyridine rings is 1. The molecule has 0 saturated heterocycles. The third-order valence-electron chi connectivity index (χ3n) is 2.64. The summed E-state index contributed by atoms with van der Waals surface area (Å²) < 4.78 is 5.15. The minimum absolute atomic E-state index is 0.0912. The maximum absolute atomic E-state index is 11.7. The summed E-state index contributed by atoms with van der Waals surface area (Å²) in [5.74, 6) is -0.711. The van der Waals surface area contributed by atoms with E-state index in [-0.39, 0.29) is 5.69 Å². The maximum atomic E-state index is 11.7. The van der Waals surface area contributed by atoms with E-state index in [9.17, 15) is 9.59 Å². The van der Waals surface area contributed by atoms with Crippen LogP contribution in [0.4, 0.5) is 10.6 Å². The minimum atomic E-state index is -1.03. The van der Waals surface area contributed by atoms with Crippen molar-refractivity contribution in [1.82, 2.24) is 9.97 Å². The van der Waals surface area contributed by atoms with Crippen molar-refractivity contribution in [3.05, 3.63) is 36.3 Å². The monoisotopic (exact) mass is 303 g/mol. The number of carboxylic acid groups (broad SMARTS) is 1. The van der Waals surface area contributed by atoms with E-state index in [0.717, 1.165) is 5.56 Å². The van der Waals surface area contributed by atoms with Gasteiger partial charge in [-0.25, -0.2) is 14.6 Å². The standard InChI is InChI=1S/C15H17N3O4/c1-15(2,3)22-14(21)18-12-7-9(4-5-16-12)10-6-11(13(19)20)17-8-10/h4-8,17H,1-3H3,(H,19,20)(H,16,18,21). The number of anilines is 1. The average Bonchev–Trinajstić information content (AvgIpc) is 2.86. The molecule has 22 heavy (non-hydrogen) atoms. The first kappa shape index (κ1) is 15.6. The van der Waals surface area contributed by atoms with Gasteiger partial charge in [0.15, 0.2) is 0 Å². The molecule has 7 nitrogen and oxygen atoms in total. The highest BCUT2D eigenvalue weighted by Gasteiger charge is 2.16. The third kappa shape index (κ3) is 4.08. The molecule has 2 rings (SSSR count). The number of hydrogen-bond acceptors (Lipinski definition) is 4. The van der Waals surface area contributed by atoms with Gasteiger partial charge in [0, 0.05) is 18.0 Å². The number of carboxylic acids is 1. The van der Waals surface area contributed by atoms with Crippen LogP contribution in [0.2, 0.25) is 0 Å². The van der Waals surface area contributed by atoms with Gasteiger partial charge in [-0.3, -0.25) is 5.32 Å². The van der Waals surface area contributed by atoms with Crippen LogP contribution >= 0.6 is 0 Å². The molecule has 2 aromatic rings. The number of carbonyl (C=O) groups is 2. The molecule has 0 radical (unpaired) electrons. The Bertz CT molecular complexity index is 701. The van der Waals surface area contributed by atoms with Crippen LogP contribution in [-0.4, -0.2) is 32.7 Å². The SMILES string of the molecule is CC(C)(C)OC(=O)Nc1cc(-c2c[nH]c(C(=O)O)c2)ccn1. The van der Waals surface area contributed by atoms with Crippen LogP contribution in [0.25, 0.3) is 11.1 Å². The zero-order chi connectivity index (χ0) is 16.3. The zero-order valence-electron chi connectivity index (χ0n) is 12.5. The molecule has 0 aliphatic heterocycles. The van der Waals surface area contributed by atoms with Crippen LogP contribution in [0.3, 0.4) is 0 Å². The number of aromatic nitrogens is 2. The number of nitrogens with one attached hydrogen (secondary N) is 2. The highest BCUT2D eigenvalue weighted by atomic mass is 16.6. The van der Waals surface area contributed by atoms with Crippen molar-refractivity contribution in [2.45, 2.75) is 26.4 Å². The van der Waals surface area contributed by atoms with E-state index in [1.165, 1.54) is 12.3 Å². The summed E-state index contributed by atoms with van der Waals surface area (Å²) in [6, 6.07) is 4.86. The van der Waals surface area contributed by atoms with Crippen LogP contribution < -0.4 is 5.32 Å². The molecule has 0 aliphatic carbocycles. The van der Waals surface area contributed by atoms with Crippen molar-refractivity contribution >= 4 is 17.9 Å². The second kappa shape index (κ2) is 5.88. The van der Waals surface area contributed by atoms with Crippen LogP contribution in [0, 0.1) is 0 Å². The molecule has 0 saturated carbocycles. The summed E-state index contributed by atoms with van der Waals surface area (Å²) in [7, 11) is 0. The van der Waals surface area contributed by atoms with E-state index in [2.05, 4.69) is 15.3 Å². The molecule has 1 amide bonds. The number of ether oxygens (including phenoxy) is 1. The van der Waals surface area contributed by atoms with E-state index in [4.69, 9.17) is 9.84 Å². The Morgan fingerprint density at radius 1 is 1.27 bits per heavy atom. The topological polar surface area (TPSA) is 104 Å². The van der Waals surface area contributed by atoms with Gasteiger partial charge in [0.05, 0.1) is 0 Å². The number of aromatic carboxylic acids is 1. The second-order valence-electron chi connectivity index (χ2n) is 5.66. The quantitative estimate of drug-likeness (QED) is 0.808. The molecule has 0 bridgehead atoms. The fourth-order valence-electron chi connectivity index (χ4n) is 1.77. The summed E-state index contributed by atoms with van der Waals surface area (Å²) in [6.07, 6.45) is 2.50. The Balaban J connectivity index is 2.16. The lowest BCUT2D eigenvalue weighted by atomic mass is 10.1. The molecule has 0 atom stereocenters. The summed E-state index contributed by atoms with van der Waals surface area (Å²) in [5, 5.41) is 11.4. The van der Waals surface area contributed by atoms with Crippen molar-refractivity contribution in [2.24, 2.45) is 0 Å². The normalized spacial score (nSPS) is 11.0. The van der Waals surface area contributed by atoms with E-state index in [1.54, 1.807) is 39.1 Å². The van der Waals surface area contributed by atoms with E-state index in [0.29, 0.717) is 11.4 Å². The fourth-order valence-corrected chi connectivity index (χ4v) is 1.77. The first-order valence-corrected chi connectivity index (χ1v) is 6.63. The van der Waals surface area contributed by atoms with Crippen molar-refractivity contribution in [3.8, 4) is 11.1 Å². The molecule has 3 N–H and O–H groups in total. The number of nitrogens with zero attached hydrogens (tertiary/aromatic N) is 1. The van der Waals surface area contributed by atoms with Gasteiger partial charge in [-0.2, -0.15) is 0 Å². The Morgan fingerprint density at radius 3 is 2.59 bits per heavy atom. The van der Waals surface area contributed by atoms with Crippen LogP contribution in [0.1, 0.15) is 31.3 Å². The molecule has 7 heteroatoms. The lowest BCUT2D eigenvalue weighted by Gasteiger charge is -2.19. The van der Waals surface area contributed by atoms with Gasteiger partial charge in [-0.05, 0) is 44.5 Å². The smallest absolute Gasteiger partial charge is 0.413 e. The molecule has 0 aromatic carbocycles. The third-order valence-corrected chi connectivity index (χ3v) is 2.64. The lowest BCUT2D eigenvalue weighted by molar-refractivity contribution is 0.0633. The van der Waals surface area contributed by atoms with Crippen LogP contribution in [0.15, 0.2) is 30.6 Å². The molecule has 0 fully saturated rings. The number of amides is 1. The van der Waals surface area contributed by atoms with Gasteiger partial charge in [-0.15, -0.1) is 0 Å². The Hall–Kier alpha value is -2.83. The molecule has 0 aliphatic rings. The molecule has 2 heterocycles. The number of carbonyl (C=O) groups excluding carboxylic acids is 1. The first-order chi connectivity index (χ1) is 10.2. The summed E-state index contributed by atoms with van der Waals surface area (Å²) in [6.45, 7) is 5.30. The predicted molar refractivity (Wildman–Crippen MR) is 80.8 cm³/mol. The van der Waals surface area contributed by atoms with Crippen molar-refractivity contribution in [3.63, 3.8) is 0 Å². The van der Waals surface area contributed by atoms with Gasteiger partial charge in [0.2, 0.25) is 0 Å². The summed E-state index contributed by atoms with van der Waals surface area (Å²) in [5.41, 5.74) is 0.906. The summed E-state index contributed by atoms with van der Waals surface area (Å²) >= 11 is 0. The van der Waals surface area contributed by atoms with Crippen LogP contribution in [-0.2, 0) is 4.74 Å². The second-order valence-corrected chi connectivity index (χ2v) is 5.66. The highest BCUT2D eigenvalue weighted by molar-refractivity contribution is 5.88. The van der Waals surface area contributed by atoms with Gasteiger partial charge in [0.1, 0.15) is 17.1 Å². The van der Waals surface area contributed by atoms with Gasteiger partial charge in [0.25, 0.3) is 0 Å². The van der Waals surface area contributed by atoms with Gasteiger partial charge < -0.3 is 14.8 Å². The number of H-pyrrole nitrogens is 1. The molecule has 2 aromatic heterocycles. The molecular weight excluding hydrogens is 286 g/mol. The van der Waals surface area contributed by atoms with Crippen molar-refractivity contribution < 1.29 is 19.4 Å². The first-order valence-electron chi connectivity index (χ1n) is 6.63. The fraction of sp³-hybridized carbons (Fsp3) is 0.267. The van der Waals surface area contributed by atoms with Crippen molar-refractivity contribution in [2.75, 3.05) is 5.32 Å². The lowest BCUT2D eigenvalue weighted by Crippen LogP contribution is -2.27. The Labute approximate surface area is 127 Å². The Morgan fingerprint density at radius 2 is 2.00 bits per heavy atom. The molecule has 0 unspecified atom stereocenters. The maximum Gasteiger partial charge on any atom is 0.413 e. The number of rotatable bonds is 3. The van der Waals surface area contributed by atoms with E-state index in [1.807, 2.05) is 0 Å². The largest absolute Gasteiger partial charge is 0.477 e. The number of aromatic amines is 1. The van der Waals surface area contributed by atoms with Gasteiger partial charge in [-0.1, -0.05) is 0 Å². The molecule has 116 valence electrons. The average molecular weight is 303 g/mol. The Kier molecular flexibility index (Phi) is 4.16. The summed E-state index contributed by atoms with van der Waals surface area (Å²) in [4.78, 5) is 29.3. The van der Waals surface area contributed by atoms with Crippen molar-refractivity contribution in [1.29, 1.82) is 0 Å². The molecule has 0 spiro atoms. The zero-order valence-corrected chi connectivity index (χ0v) is 12.5. The molecular formula is C15H17N3O4. The van der Waals surface area contributed by atoms with Gasteiger partial charge >= 0.3 is 12.1 Å². The number of hydrogen-bond donors (Lipinski definition) is 3. The van der Waals surface area contributed by atoms with Crippen LogP contribution in [0.5, 0.6) is 0 Å². The highest BCUT2D eigenvalue weighted by Crippen LogP contribution is 2.22. The van der Waals surface area contributed by atoms with E-state index >= 15 is 0 Å². The predicted octanol–water partition coefficient (Wildman–Crippen LogP) is 3.12. The minimum Gasteiger partial charge on any atom is -0.477 e.